The summed E-state index contributed by atoms with van der Waals surface area (Å²) in [5.74, 6) is 1.06. The van der Waals surface area contributed by atoms with Crippen molar-refractivity contribution in [1.29, 1.82) is 0 Å². The Labute approximate surface area is 224 Å². The number of hydrogen-bond acceptors (Lipinski definition) is 5. The van der Waals surface area contributed by atoms with Crippen LogP contribution in [0.15, 0.2) is 66.7 Å². The second-order valence-electron chi connectivity index (χ2n) is 8.97. The minimum atomic E-state index is -0.609. The molecule has 1 aliphatic heterocycles. The maximum Gasteiger partial charge on any atom is 0.416 e. The van der Waals surface area contributed by atoms with Crippen molar-refractivity contribution in [2.75, 3.05) is 26.7 Å². The standard InChI is InChI=1S/C28H27Cl2N3O4/c1-31-15-20(34)16-36-21-7-2-17(3-8-21)27-26-23(24-14-19(30)6-11-25(24)32-26)12-13-33(27)28(35)37-22-9-4-18(29)5-10-22/h2-11,14,20,27,31-32,34H,12-13,15-16H2,1H3. The molecule has 2 heterocycles. The second kappa shape index (κ2) is 11.0. The number of amides is 1. The van der Waals surface area contributed by atoms with Crippen molar-refractivity contribution < 1.29 is 19.4 Å². The zero-order valence-electron chi connectivity index (χ0n) is 20.2. The summed E-state index contributed by atoms with van der Waals surface area (Å²) in [5, 5.41) is 15.1. The van der Waals surface area contributed by atoms with Crippen molar-refractivity contribution in [3.63, 3.8) is 0 Å². The van der Waals surface area contributed by atoms with Gasteiger partial charge in [0.05, 0.1) is 0 Å². The van der Waals surface area contributed by atoms with E-state index in [1.807, 2.05) is 42.5 Å². The number of likely N-dealkylation sites (N-methyl/N-ethyl adjacent to an activating group) is 1. The SMILES string of the molecule is CNCC(O)COc1ccc(C2c3[nH]c4ccc(Cl)cc4c3CCN2C(=O)Oc2ccc(Cl)cc2)cc1. The van der Waals surface area contributed by atoms with Gasteiger partial charge in [-0.15, -0.1) is 0 Å². The summed E-state index contributed by atoms with van der Waals surface area (Å²) < 4.78 is 11.4. The molecular weight excluding hydrogens is 513 g/mol. The van der Waals surface area contributed by atoms with Gasteiger partial charge in [0.25, 0.3) is 0 Å². The highest BCUT2D eigenvalue weighted by Crippen LogP contribution is 2.40. The molecule has 0 aliphatic carbocycles. The third kappa shape index (κ3) is 5.55. The van der Waals surface area contributed by atoms with Crippen molar-refractivity contribution in [3.8, 4) is 11.5 Å². The fourth-order valence-electron chi connectivity index (χ4n) is 4.70. The minimum absolute atomic E-state index is 0.177. The van der Waals surface area contributed by atoms with Gasteiger partial charge >= 0.3 is 6.09 Å². The molecule has 0 bridgehead atoms. The molecule has 37 heavy (non-hydrogen) atoms. The van der Waals surface area contributed by atoms with Crippen LogP contribution < -0.4 is 14.8 Å². The molecular formula is C28H27Cl2N3O4. The average Bonchev–Trinajstić information content (AvgIpc) is 3.26. The molecule has 0 radical (unpaired) electrons. The Bertz CT molecular complexity index is 1390. The van der Waals surface area contributed by atoms with Crippen LogP contribution in [-0.2, 0) is 6.42 Å². The highest BCUT2D eigenvalue weighted by atomic mass is 35.5. The Morgan fingerprint density at radius 2 is 1.78 bits per heavy atom. The van der Waals surface area contributed by atoms with Crippen LogP contribution in [0, 0.1) is 0 Å². The number of aliphatic hydroxyl groups excluding tert-OH is 1. The summed E-state index contributed by atoms with van der Waals surface area (Å²) in [4.78, 5) is 18.6. The van der Waals surface area contributed by atoms with E-state index in [4.69, 9.17) is 32.7 Å². The summed E-state index contributed by atoms with van der Waals surface area (Å²) in [6.45, 7) is 1.09. The third-order valence-corrected chi connectivity index (χ3v) is 6.91. The van der Waals surface area contributed by atoms with E-state index in [1.54, 1.807) is 36.2 Å². The van der Waals surface area contributed by atoms with Crippen LogP contribution >= 0.6 is 23.2 Å². The number of H-pyrrole nitrogens is 1. The molecule has 0 saturated carbocycles. The predicted molar refractivity (Wildman–Crippen MR) is 145 cm³/mol. The number of carbonyl (C=O) groups excluding carboxylic acids is 1. The van der Waals surface area contributed by atoms with Gasteiger partial charge in [-0.1, -0.05) is 35.3 Å². The van der Waals surface area contributed by atoms with Crippen molar-refractivity contribution in [2.45, 2.75) is 18.6 Å². The second-order valence-corrected chi connectivity index (χ2v) is 9.84. The molecule has 5 rings (SSSR count). The molecule has 0 spiro atoms. The lowest BCUT2D eigenvalue weighted by atomic mass is 9.92. The van der Waals surface area contributed by atoms with Crippen molar-refractivity contribution in [3.05, 3.63) is 93.6 Å². The molecule has 1 aliphatic rings. The number of fused-ring (bicyclic) bond motifs is 3. The van der Waals surface area contributed by atoms with E-state index in [1.165, 1.54) is 0 Å². The number of nitrogens with zero attached hydrogens (tertiary/aromatic N) is 1. The zero-order valence-corrected chi connectivity index (χ0v) is 21.7. The van der Waals surface area contributed by atoms with E-state index < -0.39 is 18.2 Å². The van der Waals surface area contributed by atoms with Crippen LogP contribution in [0.2, 0.25) is 10.0 Å². The van der Waals surface area contributed by atoms with E-state index in [2.05, 4.69) is 10.3 Å². The number of benzene rings is 3. The first kappa shape index (κ1) is 25.4. The minimum Gasteiger partial charge on any atom is -0.491 e. The first-order chi connectivity index (χ1) is 17.9. The van der Waals surface area contributed by atoms with Crippen molar-refractivity contribution in [1.82, 2.24) is 15.2 Å². The fourth-order valence-corrected chi connectivity index (χ4v) is 5.00. The number of rotatable bonds is 7. The molecule has 9 heteroatoms. The van der Waals surface area contributed by atoms with Crippen LogP contribution in [0.5, 0.6) is 11.5 Å². The number of carbonyl (C=O) groups is 1. The topological polar surface area (TPSA) is 86.8 Å². The molecule has 0 fully saturated rings. The average molecular weight is 540 g/mol. The summed E-state index contributed by atoms with van der Waals surface area (Å²) >= 11 is 12.3. The third-order valence-electron chi connectivity index (χ3n) is 6.42. The van der Waals surface area contributed by atoms with Gasteiger partial charge in [0.1, 0.15) is 30.3 Å². The molecule has 0 saturated heterocycles. The van der Waals surface area contributed by atoms with Gasteiger partial charge in [-0.3, -0.25) is 4.90 Å². The van der Waals surface area contributed by atoms with Crippen LogP contribution in [-0.4, -0.2) is 53.9 Å². The zero-order chi connectivity index (χ0) is 25.9. The van der Waals surface area contributed by atoms with E-state index in [0.29, 0.717) is 41.1 Å². The van der Waals surface area contributed by atoms with Gasteiger partial charge in [0.15, 0.2) is 0 Å². The maximum atomic E-state index is 13.4. The van der Waals surface area contributed by atoms with Crippen molar-refractivity contribution >= 4 is 40.2 Å². The van der Waals surface area contributed by atoms with Gasteiger partial charge in [-0.2, -0.15) is 0 Å². The number of hydrogen-bond donors (Lipinski definition) is 3. The monoisotopic (exact) mass is 539 g/mol. The number of aromatic amines is 1. The predicted octanol–water partition coefficient (Wildman–Crippen LogP) is 5.58. The summed E-state index contributed by atoms with van der Waals surface area (Å²) in [6.07, 6.45) is -0.404. The highest BCUT2D eigenvalue weighted by molar-refractivity contribution is 6.31. The maximum absolute atomic E-state index is 13.4. The van der Waals surface area contributed by atoms with Gasteiger partial charge in [0, 0.05) is 39.7 Å². The van der Waals surface area contributed by atoms with E-state index in [9.17, 15) is 9.90 Å². The largest absolute Gasteiger partial charge is 0.491 e. The number of aromatic nitrogens is 1. The molecule has 1 aromatic heterocycles. The van der Waals surface area contributed by atoms with Crippen LogP contribution in [0.4, 0.5) is 4.79 Å². The van der Waals surface area contributed by atoms with E-state index in [-0.39, 0.29) is 6.61 Å². The van der Waals surface area contributed by atoms with Crippen LogP contribution in [0.1, 0.15) is 22.9 Å². The molecule has 7 nitrogen and oxygen atoms in total. The van der Waals surface area contributed by atoms with E-state index in [0.717, 1.165) is 27.7 Å². The Balaban J connectivity index is 1.47. The van der Waals surface area contributed by atoms with Gasteiger partial charge in [0.2, 0.25) is 0 Å². The molecule has 2 unspecified atom stereocenters. The van der Waals surface area contributed by atoms with Crippen molar-refractivity contribution in [2.24, 2.45) is 0 Å². The molecule has 192 valence electrons. The normalized spacial score (nSPS) is 15.9. The lowest BCUT2D eigenvalue weighted by Gasteiger charge is -2.35. The van der Waals surface area contributed by atoms with Gasteiger partial charge in [-0.25, -0.2) is 4.79 Å². The van der Waals surface area contributed by atoms with Crippen LogP contribution in [0.3, 0.4) is 0 Å². The van der Waals surface area contributed by atoms with Gasteiger partial charge in [-0.05, 0) is 79.2 Å². The summed E-state index contributed by atoms with van der Waals surface area (Å²) in [6, 6.07) is 19.6. The Kier molecular flexibility index (Phi) is 7.58. The first-order valence-electron chi connectivity index (χ1n) is 12.0. The smallest absolute Gasteiger partial charge is 0.416 e. The summed E-state index contributed by atoms with van der Waals surface area (Å²) in [7, 11) is 1.78. The molecule has 4 aromatic rings. The van der Waals surface area contributed by atoms with Crippen LogP contribution in [0.25, 0.3) is 10.9 Å². The Hall–Kier alpha value is -3.23. The highest BCUT2D eigenvalue weighted by Gasteiger charge is 2.35. The molecule has 3 aromatic carbocycles. The Morgan fingerprint density at radius 3 is 2.51 bits per heavy atom. The van der Waals surface area contributed by atoms with Gasteiger partial charge < -0.3 is 24.9 Å². The lowest BCUT2D eigenvalue weighted by molar-refractivity contribution is 0.108. The van der Waals surface area contributed by atoms with E-state index >= 15 is 0 Å². The first-order valence-corrected chi connectivity index (χ1v) is 12.8. The number of halogens is 2. The lowest BCUT2D eigenvalue weighted by Crippen LogP contribution is -2.42. The quantitative estimate of drug-likeness (QED) is 0.285. The number of ether oxygens (including phenoxy) is 2. The molecule has 1 amide bonds. The number of aliphatic hydroxyl groups is 1. The number of nitrogens with one attached hydrogen (secondary N) is 2. The molecule has 3 N–H and O–H groups in total. The fraction of sp³-hybridized carbons (Fsp3) is 0.250. The Morgan fingerprint density at radius 1 is 1.08 bits per heavy atom. The summed E-state index contributed by atoms with van der Waals surface area (Å²) in [5.41, 5.74) is 3.92. The molecule has 2 atom stereocenters.